The van der Waals surface area contributed by atoms with Crippen molar-refractivity contribution in [2.45, 2.75) is 20.0 Å². The van der Waals surface area contributed by atoms with Crippen LogP contribution in [0.4, 0.5) is 0 Å². The molecule has 0 N–H and O–H groups in total. The van der Waals surface area contributed by atoms with Crippen LogP contribution in [0.25, 0.3) is 10.6 Å². The summed E-state index contributed by atoms with van der Waals surface area (Å²) in [5.41, 5.74) is 2.74. The second-order valence-electron chi connectivity index (χ2n) is 6.04. The summed E-state index contributed by atoms with van der Waals surface area (Å²) in [6.07, 6.45) is -0.907. The van der Waals surface area contributed by atoms with Crippen LogP contribution in [0.15, 0.2) is 53.9 Å². The fraction of sp³-hybridized carbons (Fsp3) is 0.190. The van der Waals surface area contributed by atoms with Crippen LogP contribution in [0.5, 0.6) is 5.75 Å². The molecule has 1 aromatic heterocycles. The molecule has 0 saturated heterocycles. The zero-order valence-corrected chi connectivity index (χ0v) is 16.1. The second-order valence-corrected chi connectivity index (χ2v) is 6.90. The van der Waals surface area contributed by atoms with E-state index in [-0.39, 0.29) is 11.5 Å². The van der Waals surface area contributed by atoms with Gasteiger partial charge in [-0.1, -0.05) is 29.8 Å². The number of hydrogen-bond donors (Lipinski definition) is 0. The minimum atomic E-state index is -0.907. The molecule has 0 spiro atoms. The number of rotatable bonds is 6. The summed E-state index contributed by atoms with van der Waals surface area (Å²) in [4.78, 5) is 29.1. The van der Waals surface area contributed by atoms with Crippen molar-refractivity contribution in [3.8, 4) is 16.3 Å². The molecule has 1 heterocycles. The molecule has 0 saturated carbocycles. The Hall–Kier alpha value is -2.99. The minimum Gasteiger partial charge on any atom is -0.497 e. The third kappa shape index (κ3) is 4.41. The summed E-state index contributed by atoms with van der Waals surface area (Å²) in [5.74, 6) is -0.235. The molecule has 0 bridgehead atoms. The van der Waals surface area contributed by atoms with Crippen molar-refractivity contribution in [1.29, 1.82) is 0 Å². The predicted molar refractivity (Wildman–Crippen MR) is 104 cm³/mol. The normalized spacial score (nSPS) is 11.7. The first kappa shape index (κ1) is 18.8. The maximum absolute atomic E-state index is 12.4. The van der Waals surface area contributed by atoms with E-state index in [1.54, 1.807) is 43.7 Å². The van der Waals surface area contributed by atoms with Gasteiger partial charge in [0.25, 0.3) is 0 Å². The topological polar surface area (TPSA) is 65.5 Å². The average molecular weight is 381 g/mol. The molecule has 2 aromatic carbocycles. The van der Waals surface area contributed by atoms with Crippen molar-refractivity contribution >= 4 is 23.1 Å². The maximum atomic E-state index is 12.4. The zero-order valence-electron chi connectivity index (χ0n) is 15.3. The predicted octanol–water partition coefficient (Wildman–Crippen LogP) is 4.56. The lowest BCUT2D eigenvalue weighted by Gasteiger charge is -2.11. The summed E-state index contributed by atoms with van der Waals surface area (Å²) in [5, 5.41) is 2.37. The standard InChI is InChI=1S/C21H19NO4S/c1-13-4-6-16(7-5-13)20-22-18(12-27-20)21(24)26-14(2)19(23)15-8-10-17(25-3)11-9-15/h4-12,14H,1-3H3/t14-/m1/s1. The first-order valence-electron chi connectivity index (χ1n) is 8.39. The van der Waals surface area contributed by atoms with Gasteiger partial charge >= 0.3 is 5.97 Å². The van der Waals surface area contributed by atoms with Gasteiger partial charge in [0.05, 0.1) is 7.11 Å². The van der Waals surface area contributed by atoms with E-state index in [2.05, 4.69) is 4.98 Å². The smallest absolute Gasteiger partial charge is 0.358 e. The third-order valence-electron chi connectivity index (χ3n) is 4.04. The van der Waals surface area contributed by atoms with E-state index in [9.17, 15) is 9.59 Å². The molecule has 1 atom stereocenters. The first-order valence-corrected chi connectivity index (χ1v) is 9.27. The number of methoxy groups -OCH3 is 1. The van der Waals surface area contributed by atoms with Gasteiger partial charge in [-0.2, -0.15) is 0 Å². The van der Waals surface area contributed by atoms with Crippen LogP contribution in [0, 0.1) is 6.92 Å². The summed E-state index contributed by atoms with van der Waals surface area (Å²) >= 11 is 1.36. The van der Waals surface area contributed by atoms with Crippen molar-refractivity contribution in [2.24, 2.45) is 0 Å². The summed E-state index contributed by atoms with van der Waals surface area (Å²) in [6.45, 7) is 3.56. The molecule has 0 aliphatic heterocycles. The summed E-state index contributed by atoms with van der Waals surface area (Å²) in [7, 11) is 1.56. The molecular formula is C21H19NO4S. The number of aryl methyl sites for hydroxylation is 1. The zero-order chi connectivity index (χ0) is 19.4. The Kier molecular flexibility index (Phi) is 5.66. The Labute approximate surface area is 161 Å². The number of aromatic nitrogens is 1. The van der Waals surface area contributed by atoms with E-state index in [1.807, 2.05) is 31.2 Å². The van der Waals surface area contributed by atoms with Gasteiger partial charge in [0.15, 0.2) is 11.8 Å². The number of ketones is 1. The SMILES string of the molecule is COc1ccc(C(=O)[C@@H](C)OC(=O)c2csc(-c3ccc(C)cc3)n2)cc1. The molecule has 27 heavy (non-hydrogen) atoms. The number of esters is 1. The highest BCUT2D eigenvalue weighted by molar-refractivity contribution is 7.13. The summed E-state index contributed by atoms with van der Waals surface area (Å²) in [6, 6.07) is 14.6. The molecule has 3 aromatic rings. The van der Waals surface area contributed by atoms with Crippen LogP contribution in [-0.2, 0) is 4.74 Å². The Morgan fingerprint density at radius 2 is 1.70 bits per heavy atom. The number of thiazole rings is 1. The van der Waals surface area contributed by atoms with Gasteiger partial charge in [-0.15, -0.1) is 11.3 Å². The monoisotopic (exact) mass is 381 g/mol. The highest BCUT2D eigenvalue weighted by Gasteiger charge is 2.22. The van der Waals surface area contributed by atoms with Gasteiger partial charge in [-0.3, -0.25) is 4.79 Å². The molecule has 0 fully saturated rings. The molecule has 6 heteroatoms. The third-order valence-corrected chi connectivity index (χ3v) is 4.93. The largest absolute Gasteiger partial charge is 0.497 e. The van der Waals surface area contributed by atoms with E-state index in [0.717, 1.165) is 16.1 Å². The molecule has 0 radical (unpaired) electrons. The fourth-order valence-electron chi connectivity index (χ4n) is 2.46. The number of benzene rings is 2. The van der Waals surface area contributed by atoms with E-state index in [4.69, 9.17) is 9.47 Å². The number of nitrogens with zero attached hydrogens (tertiary/aromatic N) is 1. The van der Waals surface area contributed by atoms with Gasteiger partial charge in [0.2, 0.25) is 5.78 Å². The van der Waals surface area contributed by atoms with Crippen LogP contribution in [0.3, 0.4) is 0 Å². The number of hydrogen-bond acceptors (Lipinski definition) is 6. The van der Waals surface area contributed by atoms with Crippen LogP contribution < -0.4 is 4.74 Å². The molecule has 0 unspecified atom stereocenters. The quantitative estimate of drug-likeness (QED) is 0.463. The van der Waals surface area contributed by atoms with Crippen molar-refractivity contribution < 1.29 is 19.1 Å². The Bertz CT molecular complexity index is 945. The van der Waals surface area contributed by atoms with Crippen molar-refractivity contribution in [3.05, 3.63) is 70.7 Å². The summed E-state index contributed by atoms with van der Waals surface area (Å²) < 4.78 is 10.4. The Balaban J connectivity index is 1.67. The molecule has 0 aliphatic carbocycles. The first-order chi connectivity index (χ1) is 13.0. The van der Waals surface area contributed by atoms with Gasteiger partial charge in [-0.05, 0) is 38.1 Å². The average Bonchev–Trinajstić information content (AvgIpc) is 3.18. The fourth-order valence-corrected chi connectivity index (χ4v) is 3.26. The molecule has 0 amide bonds. The van der Waals surface area contributed by atoms with Crippen LogP contribution in [-0.4, -0.2) is 30.0 Å². The van der Waals surface area contributed by atoms with Crippen molar-refractivity contribution in [2.75, 3.05) is 7.11 Å². The highest BCUT2D eigenvalue weighted by atomic mass is 32.1. The van der Waals surface area contributed by atoms with E-state index < -0.39 is 12.1 Å². The van der Waals surface area contributed by atoms with Gasteiger partial charge in [-0.25, -0.2) is 9.78 Å². The molecule has 5 nitrogen and oxygen atoms in total. The lowest BCUT2D eigenvalue weighted by Crippen LogP contribution is -2.24. The molecular weight excluding hydrogens is 362 g/mol. The molecule has 138 valence electrons. The molecule has 3 rings (SSSR count). The van der Waals surface area contributed by atoms with Gasteiger partial charge in [0, 0.05) is 16.5 Å². The van der Waals surface area contributed by atoms with Gasteiger partial charge < -0.3 is 9.47 Å². The van der Waals surface area contributed by atoms with Crippen molar-refractivity contribution in [1.82, 2.24) is 4.98 Å². The van der Waals surface area contributed by atoms with E-state index in [1.165, 1.54) is 11.3 Å². The Morgan fingerprint density at radius 3 is 2.33 bits per heavy atom. The molecule has 0 aliphatic rings. The maximum Gasteiger partial charge on any atom is 0.358 e. The van der Waals surface area contributed by atoms with Gasteiger partial charge in [0.1, 0.15) is 10.8 Å². The second kappa shape index (κ2) is 8.14. The Morgan fingerprint density at radius 1 is 1.04 bits per heavy atom. The van der Waals surface area contributed by atoms with Crippen LogP contribution in [0.2, 0.25) is 0 Å². The minimum absolute atomic E-state index is 0.199. The number of ether oxygens (including phenoxy) is 2. The highest BCUT2D eigenvalue weighted by Crippen LogP contribution is 2.24. The van der Waals surface area contributed by atoms with E-state index >= 15 is 0 Å². The lowest BCUT2D eigenvalue weighted by molar-refractivity contribution is 0.0314. The van der Waals surface area contributed by atoms with Crippen LogP contribution >= 0.6 is 11.3 Å². The number of Topliss-reactive ketones (excluding diaryl/α,β-unsaturated/α-hetero) is 1. The van der Waals surface area contributed by atoms with Crippen molar-refractivity contribution in [3.63, 3.8) is 0 Å². The lowest BCUT2D eigenvalue weighted by atomic mass is 10.1. The number of carbonyl (C=O) groups is 2. The van der Waals surface area contributed by atoms with Crippen LogP contribution in [0.1, 0.15) is 33.3 Å². The number of carbonyl (C=O) groups excluding carboxylic acids is 2. The van der Waals surface area contributed by atoms with E-state index in [0.29, 0.717) is 11.3 Å².